The normalized spacial score (nSPS) is 34.7. The molecule has 0 saturated heterocycles. The van der Waals surface area contributed by atoms with Gasteiger partial charge in [-0.05, 0) is 82.9 Å². The van der Waals surface area contributed by atoms with Crippen molar-refractivity contribution >= 4 is 0 Å². The third kappa shape index (κ3) is 2.19. The van der Waals surface area contributed by atoms with Crippen LogP contribution in [0.4, 0.5) is 0 Å². The van der Waals surface area contributed by atoms with E-state index >= 15 is 0 Å². The van der Waals surface area contributed by atoms with Crippen molar-refractivity contribution < 1.29 is 0 Å². The molecule has 2 nitrogen and oxygen atoms in total. The molecule has 0 aliphatic heterocycles. The zero-order valence-electron chi connectivity index (χ0n) is 18.8. The molecule has 0 amide bonds. The Kier molecular flexibility index (Phi) is 3.44. The molecule has 0 N–H and O–H groups in total. The number of hydrogen-bond donors (Lipinski definition) is 0. The van der Waals surface area contributed by atoms with E-state index in [1.54, 1.807) is 0 Å². The first-order valence-corrected chi connectivity index (χ1v) is 11.7. The van der Waals surface area contributed by atoms with Crippen LogP contribution in [0.2, 0.25) is 0 Å². The molecule has 6 aliphatic rings. The zero-order chi connectivity index (χ0) is 20.3. The summed E-state index contributed by atoms with van der Waals surface area (Å²) in [7, 11) is 0. The average molecular weight is 387 g/mol. The quantitative estimate of drug-likeness (QED) is 0.573. The number of aromatic nitrogens is 2. The third-order valence-corrected chi connectivity index (χ3v) is 9.70. The van der Waals surface area contributed by atoms with Crippen molar-refractivity contribution in [1.82, 2.24) is 9.97 Å². The smallest absolute Gasteiger partial charge is 0.0889 e. The second-order valence-electron chi connectivity index (χ2n) is 11.9. The monoisotopic (exact) mass is 386 g/mol. The van der Waals surface area contributed by atoms with Crippen LogP contribution in [0.15, 0.2) is 24.3 Å². The summed E-state index contributed by atoms with van der Waals surface area (Å²) < 4.78 is 0. The number of pyridine rings is 2. The summed E-state index contributed by atoms with van der Waals surface area (Å²) in [6.45, 7) is 14.6. The van der Waals surface area contributed by atoms with Gasteiger partial charge in [-0.3, -0.25) is 9.97 Å². The zero-order valence-corrected chi connectivity index (χ0v) is 18.8. The topological polar surface area (TPSA) is 25.8 Å². The second-order valence-corrected chi connectivity index (χ2v) is 11.9. The maximum Gasteiger partial charge on any atom is 0.0889 e. The van der Waals surface area contributed by atoms with Gasteiger partial charge in [-0.1, -0.05) is 53.7 Å². The molecule has 0 radical (unpaired) electrons. The Labute approximate surface area is 175 Å². The Morgan fingerprint density at radius 1 is 0.828 bits per heavy atom. The van der Waals surface area contributed by atoms with Crippen LogP contribution in [-0.4, -0.2) is 9.97 Å². The third-order valence-electron chi connectivity index (χ3n) is 9.70. The molecule has 152 valence electrons. The van der Waals surface area contributed by atoms with Gasteiger partial charge in [0.05, 0.1) is 11.4 Å². The standard InChI is InChI=1S/C27H34N2/c1-14(2)24-20-13-19(27(20,5)6)17-8-10-22(29-25(17)24)21-9-7-16-18-11-15(26(18,3)4)12-23(16)28-21/h7-10,14-15,18-20,24H,11-13H2,1-6H3/t15-,18+,19+,20-,24?/m1/s1. The molecule has 2 heterocycles. The minimum Gasteiger partial charge on any atom is -0.251 e. The lowest BCUT2D eigenvalue weighted by molar-refractivity contribution is -0.0198. The van der Waals surface area contributed by atoms with Crippen molar-refractivity contribution in [2.45, 2.75) is 78.6 Å². The minimum absolute atomic E-state index is 0.420. The van der Waals surface area contributed by atoms with Gasteiger partial charge < -0.3 is 0 Å². The molecule has 1 unspecified atom stereocenters. The Balaban J connectivity index is 1.41. The van der Waals surface area contributed by atoms with Crippen LogP contribution in [0.1, 0.15) is 94.7 Å². The summed E-state index contributed by atoms with van der Waals surface area (Å²) in [5, 5.41) is 0. The Morgan fingerprint density at radius 3 is 2.14 bits per heavy atom. The van der Waals surface area contributed by atoms with Crippen molar-refractivity contribution in [1.29, 1.82) is 0 Å². The Bertz CT molecular complexity index is 1020. The van der Waals surface area contributed by atoms with Gasteiger partial charge in [-0.15, -0.1) is 0 Å². The van der Waals surface area contributed by atoms with E-state index in [0.717, 1.165) is 29.6 Å². The van der Waals surface area contributed by atoms with Gasteiger partial charge >= 0.3 is 0 Å². The summed E-state index contributed by atoms with van der Waals surface area (Å²) in [5.41, 5.74) is 8.76. The lowest BCUT2D eigenvalue weighted by Crippen LogP contribution is -2.51. The van der Waals surface area contributed by atoms with Crippen molar-refractivity contribution in [3.63, 3.8) is 0 Å². The highest BCUT2D eigenvalue weighted by atomic mass is 14.8. The molecule has 2 saturated carbocycles. The van der Waals surface area contributed by atoms with Crippen molar-refractivity contribution in [2.75, 3.05) is 0 Å². The van der Waals surface area contributed by atoms with Crippen molar-refractivity contribution in [2.24, 2.45) is 28.6 Å². The molecule has 6 aliphatic carbocycles. The van der Waals surface area contributed by atoms with Crippen molar-refractivity contribution in [3.05, 3.63) is 46.8 Å². The first-order valence-electron chi connectivity index (χ1n) is 11.7. The molecular formula is C27H34N2. The number of nitrogens with zero attached hydrogens (tertiary/aromatic N) is 2. The molecular weight excluding hydrogens is 352 g/mol. The van der Waals surface area contributed by atoms with Gasteiger partial charge in [-0.25, -0.2) is 0 Å². The molecule has 0 spiro atoms. The highest BCUT2D eigenvalue weighted by Gasteiger charge is 2.58. The Morgan fingerprint density at radius 2 is 1.48 bits per heavy atom. The minimum atomic E-state index is 0.420. The van der Waals surface area contributed by atoms with Gasteiger partial charge in [0, 0.05) is 17.3 Å². The summed E-state index contributed by atoms with van der Waals surface area (Å²) in [6.07, 6.45) is 3.84. The van der Waals surface area contributed by atoms with E-state index in [0.29, 0.717) is 34.5 Å². The van der Waals surface area contributed by atoms with Crippen LogP contribution in [0.25, 0.3) is 11.4 Å². The van der Waals surface area contributed by atoms with E-state index in [1.165, 1.54) is 35.4 Å². The molecule has 2 aromatic heterocycles. The summed E-state index contributed by atoms with van der Waals surface area (Å²) in [4.78, 5) is 10.4. The van der Waals surface area contributed by atoms with Crippen LogP contribution in [0, 0.1) is 28.6 Å². The first kappa shape index (κ1) is 18.1. The predicted octanol–water partition coefficient (Wildman–Crippen LogP) is 6.71. The van der Waals surface area contributed by atoms with Gasteiger partial charge in [0.1, 0.15) is 0 Å². The van der Waals surface area contributed by atoms with Crippen LogP contribution in [-0.2, 0) is 6.42 Å². The lowest BCUT2D eigenvalue weighted by Gasteiger charge is -2.61. The van der Waals surface area contributed by atoms with Crippen LogP contribution >= 0.6 is 0 Å². The molecule has 2 aromatic rings. The molecule has 2 fully saturated rings. The Hall–Kier alpha value is -1.70. The fourth-order valence-electron chi connectivity index (χ4n) is 7.52. The van der Waals surface area contributed by atoms with Crippen LogP contribution in [0.3, 0.4) is 0 Å². The van der Waals surface area contributed by atoms with Gasteiger partial charge in [0.15, 0.2) is 0 Å². The fraction of sp³-hybridized carbons (Fsp3) is 0.630. The van der Waals surface area contributed by atoms with E-state index in [4.69, 9.17) is 9.97 Å². The second kappa shape index (κ2) is 5.50. The molecule has 5 atom stereocenters. The van der Waals surface area contributed by atoms with Gasteiger partial charge in [-0.2, -0.15) is 0 Å². The SMILES string of the molecule is CC(C)C1c2nc(-c3ccc4c(n3)C[C@H]3C[C@@H]4C3(C)C)ccc2[C@@H]2C[C@H]1C2(C)C. The highest BCUT2D eigenvalue weighted by Crippen LogP contribution is 2.67. The number of rotatable bonds is 2. The summed E-state index contributed by atoms with van der Waals surface area (Å²) in [6, 6.07) is 9.23. The van der Waals surface area contributed by atoms with Gasteiger partial charge in [0.25, 0.3) is 0 Å². The predicted molar refractivity (Wildman–Crippen MR) is 118 cm³/mol. The van der Waals surface area contributed by atoms with E-state index < -0.39 is 0 Å². The largest absolute Gasteiger partial charge is 0.251 e. The maximum absolute atomic E-state index is 5.28. The lowest BCUT2D eigenvalue weighted by atomic mass is 9.43. The van der Waals surface area contributed by atoms with Crippen LogP contribution < -0.4 is 0 Å². The number of hydrogen-bond acceptors (Lipinski definition) is 2. The van der Waals surface area contributed by atoms with E-state index in [2.05, 4.69) is 65.8 Å². The van der Waals surface area contributed by atoms with E-state index in [-0.39, 0.29) is 0 Å². The fourth-order valence-corrected chi connectivity index (χ4v) is 7.52. The molecule has 2 heteroatoms. The summed E-state index contributed by atoms with van der Waals surface area (Å²) in [5.74, 6) is 4.18. The maximum atomic E-state index is 5.28. The first-order chi connectivity index (χ1) is 13.7. The van der Waals surface area contributed by atoms with Gasteiger partial charge in [0.2, 0.25) is 0 Å². The molecule has 8 rings (SSSR count). The summed E-state index contributed by atoms with van der Waals surface area (Å²) >= 11 is 0. The average Bonchev–Trinajstić information content (AvgIpc) is 2.70. The van der Waals surface area contributed by atoms with E-state index in [9.17, 15) is 0 Å². The molecule has 29 heavy (non-hydrogen) atoms. The van der Waals surface area contributed by atoms with Crippen LogP contribution in [0.5, 0.6) is 0 Å². The highest BCUT2D eigenvalue weighted by molar-refractivity contribution is 5.58. The molecule has 4 bridgehead atoms. The van der Waals surface area contributed by atoms with Crippen molar-refractivity contribution in [3.8, 4) is 11.4 Å². The van der Waals surface area contributed by atoms with E-state index in [1.807, 2.05) is 0 Å². The molecule has 0 aromatic carbocycles.